The van der Waals surface area contributed by atoms with Gasteiger partial charge in [-0.2, -0.15) is 0 Å². The Morgan fingerprint density at radius 2 is 1.83 bits per heavy atom. The third-order valence-electron chi connectivity index (χ3n) is 1.89. The van der Waals surface area contributed by atoms with Gasteiger partial charge in [-0.1, -0.05) is 0 Å². The van der Waals surface area contributed by atoms with Crippen molar-refractivity contribution in [2.75, 3.05) is 13.3 Å². The molecule has 0 aromatic carbocycles. The van der Waals surface area contributed by atoms with Crippen molar-refractivity contribution in [3.8, 4) is 0 Å². The topological polar surface area (TPSA) is 84.2 Å². The number of aliphatic hydroxyl groups excluding tert-OH is 3. The molecule has 3 N–H and O–H groups in total. The van der Waals surface area contributed by atoms with Crippen LogP contribution in [0.4, 0.5) is 4.79 Å². The van der Waals surface area contributed by atoms with Crippen molar-refractivity contribution in [3.63, 3.8) is 0 Å². The standard InChI is InChI=1S/C6H12N2O4/c1-2-7-4(10)5(11)8(3-9)6(7)12/h4-5,9-11H,2-3H2,1H3. The van der Waals surface area contributed by atoms with Crippen LogP contribution in [-0.4, -0.2) is 56.9 Å². The summed E-state index contributed by atoms with van der Waals surface area (Å²) >= 11 is 0. The molecule has 6 heteroatoms. The van der Waals surface area contributed by atoms with Crippen molar-refractivity contribution < 1.29 is 20.1 Å². The Morgan fingerprint density at radius 3 is 2.08 bits per heavy atom. The summed E-state index contributed by atoms with van der Waals surface area (Å²) < 4.78 is 0. The number of urea groups is 1. The lowest BCUT2D eigenvalue weighted by Crippen LogP contribution is -2.37. The van der Waals surface area contributed by atoms with Crippen LogP contribution >= 0.6 is 0 Å². The molecule has 1 heterocycles. The number of rotatable bonds is 2. The van der Waals surface area contributed by atoms with Crippen molar-refractivity contribution in [2.24, 2.45) is 0 Å². The first-order valence-electron chi connectivity index (χ1n) is 3.67. The van der Waals surface area contributed by atoms with Gasteiger partial charge in [-0.15, -0.1) is 0 Å². The molecule has 2 amide bonds. The molecule has 1 saturated heterocycles. The number of nitrogens with zero attached hydrogens (tertiary/aromatic N) is 2. The molecular weight excluding hydrogens is 164 g/mol. The van der Waals surface area contributed by atoms with Crippen LogP contribution in [0.2, 0.25) is 0 Å². The van der Waals surface area contributed by atoms with Crippen LogP contribution in [0.5, 0.6) is 0 Å². The fraction of sp³-hybridized carbons (Fsp3) is 0.833. The van der Waals surface area contributed by atoms with E-state index in [1.165, 1.54) is 0 Å². The predicted molar refractivity (Wildman–Crippen MR) is 38.7 cm³/mol. The smallest absolute Gasteiger partial charge is 0.326 e. The molecule has 0 saturated carbocycles. The SMILES string of the molecule is CCN1C(=O)N(CO)C(O)C1O. The van der Waals surface area contributed by atoms with Gasteiger partial charge >= 0.3 is 6.03 Å². The molecule has 0 bridgehead atoms. The fourth-order valence-corrected chi connectivity index (χ4v) is 1.18. The fourth-order valence-electron chi connectivity index (χ4n) is 1.18. The number of hydrogen-bond donors (Lipinski definition) is 3. The lowest BCUT2D eigenvalue weighted by Gasteiger charge is -2.16. The average Bonchev–Trinajstić information content (AvgIpc) is 2.25. The van der Waals surface area contributed by atoms with E-state index in [1.54, 1.807) is 6.92 Å². The van der Waals surface area contributed by atoms with Gasteiger partial charge in [0.1, 0.15) is 6.73 Å². The predicted octanol–water partition coefficient (Wildman–Crippen LogP) is -1.67. The minimum Gasteiger partial charge on any atom is -0.376 e. The second-order valence-corrected chi connectivity index (χ2v) is 2.51. The summed E-state index contributed by atoms with van der Waals surface area (Å²) in [5.74, 6) is 0. The molecule has 70 valence electrons. The third-order valence-corrected chi connectivity index (χ3v) is 1.89. The second-order valence-electron chi connectivity index (χ2n) is 2.51. The van der Waals surface area contributed by atoms with Crippen molar-refractivity contribution >= 4 is 6.03 Å². The van der Waals surface area contributed by atoms with Gasteiger partial charge in [0.25, 0.3) is 0 Å². The number of amides is 2. The van der Waals surface area contributed by atoms with Gasteiger partial charge in [-0.3, -0.25) is 9.80 Å². The van der Waals surface area contributed by atoms with Gasteiger partial charge in [-0.05, 0) is 6.92 Å². The molecule has 0 aromatic heterocycles. The van der Waals surface area contributed by atoms with Gasteiger partial charge in [0.05, 0.1) is 0 Å². The van der Waals surface area contributed by atoms with Crippen LogP contribution < -0.4 is 0 Å². The van der Waals surface area contributed by atoms with Crippen LogP contribution in [0.25, 0.3) is 0 Å². The molecule has 6 nitrogen and oxygen atoms in total. The van der Waals surface area contributed by atoms with Crippen molar-refractivity contribution in [1.29, 1.82) is 0 Å². The molecule has 2 unspecified atom stereocenters. The van der Waals surface area contributed by atoms with Crippen LogP contribution in [-0.2, 0) is 0 Å². The van der Waals surface area contributed by atoms with E-state index in [-0.39, 0.29) is 0 Å². The highest BCUT2D eigenvalue weighted by Crippen LogP contribution is 2.17. The van der Waals surface area contributed by atoms with Crippen molar-refractivity contribution in [3.05, 3.63) is 0 Å². The molecule has 1 rings (SSSR count). The summed E-state index contributed by atoms with van der Waals surface area (Å²) in [5.41, 5.74) is 0. The Morgan fingerprint density at radius 1 is 1.33 bits per heavy atom. The van der Waals surface area contributed by atoms with Crippen LogP contribution in [0.15, 0.2) is 0 Å². The minimum atomic E-state index is -1.33. The Balaban J connectivity index is 2.78. The Bertz CT molecular complexity index is 168. The molecule has 1 aliphatic rings. The maximum Gasteiger partial charge on any atom is 0.326 e. The van der Waals surface area contributed by atoms with E-state index in [0.29, 0.717) is 6.54 Å². The Kier molecular flexibility index (Phi) is 2.51. The highest BCUT2D eigenvalue weighted by atomic mass is 16.4. The third kappa shape index (κ3) is 1.13. The van der Waals surface area contributed by atoms with E-state index in [2.05, 4.69) is 0 Å². The Hall–Kier alpha value is -0.850. The van der Waals surface area contributed by atoms with Gasteiger partial charge in [0, 0.05) is 6.54 Å². The van der Waals surface area contributed by atoms with Crippen molar-refractivity contribution in [1.82, 2.24) is 9.80 Å². The number of hydrogen-bond acceptors (Lipinski definition) is 4. The normalized spacial score (nSPS) is 30.2. The molecule has 1 aliphatic heterocycles. The number of carbonyl (C=O) groups is 1. The van der Waals surface area contributed by atoms with E-state index >= 15 is 0 Å². The van der Waals surface area contributed by atoms with Crippen LogP contribution in [0, 0.1) is 0 Å². The van der Waals surface area contributed by atoms with Gasteiger partial charge < -0.3 is 15.3 Å². The summed E-state index contributed by atoms with van der Waals surface area (Å²) in [7, 11) is 0. The van der Waals surface area contributed by atoms with Gasteiger partial charge in [0.15, 0.2) is 12.5 Å². The summed E-state index contributed by atoms with van der Waals surface area (Å²) in [6.45, 7) is 1.38. The summed E-state index contributed by atoms with van der Waals surface area (Å²) in [5, 5.41) is 27.1. The highest BCUT2D eigenvalue weighted by molar-refractivity contribution is 5.77. The minimum absolute atomic E-state index is 0.299. The van der Waals surface area contributed by atoms with Crippen LogP contribution in [0.1, 0.15) is 6.92 Å². The second kappa shape index (κ2) is 3.26. The number of carbonyl (C=O) groups excluding carboxylic acids is 1. The zero-order valence-electron chi connectivity index (χ0n) is 6.71. The van der Waals surface area contributed by atoms with E-state index < -0.39 is 25.2 Å². The quantitative estimate of drug-likeness (QED) is 0.469. The first kappa shape index (κ1) is 9.24. The number of likely N-dealkylation sites (N-methyl/N-ethyl adjacent to an activating group) is 1. The molecule has 12 heavy (non-hydrogen) atoms. The summed E-state index contributed by atoms with van der Waals surface area (Å²) in [4.78, 5) is 13.0. The van der Waals surface area contributed by atoms with Gasteiger partial charge in [-0.25, -0.2) is 4.79 Å². The van der Waals surface area contributed by atoms with E-state index in [4.69, 9.17) is 5.11 Å². The van der Waals surface area contributed by atoms with Gasteiger partial charge in [0.2, 0.25) is 0 Å². The van der Waals surface area contributed by atoms with E-state index in [1.807, 2.05) is 0 Å². The number of aliphatic hydroxyl groups is 3. The molecule has 0 aromatic rings. The van der Waals surface area contributed by atoms with Crippen molar-refractivity contribution in [2.45, 2.75) is 19.4 Å². The zero-order chi connectivity index (χ0) is 9.30. The first-order chi connectivity index (χ1) is 5.63. The molecule has 0 aliphatic carbocycles. The summed E-state index contributed by atoms with van der Waals surface area (Å²) in [6.07, 6.45) is -2.57. The Labute approximate surface area is 69.6 Å². The van der Waals surface area contributed by atoms with E-state index in [9.17, 15) is 15.0 Å². The zero-order valence-corrected chi connectivity index (χ0v) is 6.71. The van der Waals surface area contributed by atoms with E-state index in [0.717, 1.165) is 9.80 Å². The monoisotopic (exact) mass is 176 g/mol. The maximum atomic E-state index is 11.2. The maximum absolute atomic E-state index is 11.2. The molecular formula is C6H12N2O4. The molecule has 0 spiro atoms. The first-order valence-corrected chi connectivity index (χ1v) is 3.67. The lowest BCUT2D eigenvalue weighted by atomic mass is 10.4. The largest absolute Gasteiger partial charge is 0.376 e. The average molecular weight is 176 g/mol. The molecule has 0 radical (unpaired) electrons. The molecule has 2 atom stereocenters. The molecule has 1 fully saturated rings. The highest BCUT2D eigenvalue weighted by Gasteiger charge is 2.42. The van der Waals surface area contributed by atoms with Crippen LogP contribution in [0.3, 0.4) is 0 Å². The lowest BCUT2D eigenvalue weighted by molar-refractivity contribution is -0.0804. The summed E-state index contributed by atoms with van der Waals surface area (Å²) in [6, 6.07) is -0.556.